The lowest BCUT2D eigenvalue weighted by Crippen LogP contribution is -2.24. The third-order valence-electron chi connectivity index (χ3n) is 2.86. The van der Waals surface area contributed by atoms with Crippen molar-refractivity contribution in [3.8, 4) is 0 Å². The summed E-state index contributed by atoms with van der Waals surface area (Å²) < 4.78 is 0. The predicted octanol–water partition coefficient (Wildman–Crippen LogP) is 2.86. The van der Waals surface area contributed by atoms with Gasteiger partial charge >= 0.3 is 0 Å². The van der Waals surface area contributed by atoms with Gasteiger partial charge in [0.1, 0.15) is 0 Å². The molecule has 1 atom stereocenters. The first-order valence-corrected chi connectivity index (χ1v) is 6.63. The molecule has 16 heavy (non-hydrogen) atoms. The summed E-state index contributed by atoms with van der Waals surface area (Å²) in [6.07, 6.45) is 1.32. The van der Waals surface area contributed by atoms with Crippen molar-refractivity contribution in [2.45, 2.75) is 13.0 Å². The molecule has 0 spiro atoms. The number of hydrogen-bond acceptors (Lipinski definition) is 3. The molecule has 1 aliphatic heterocycles. The number of thiophene rings is 1. The molecule has 2 heterocycles. The summed E-state index contributed by atoms with van der Waals surface area (Å²) in [6, 6.07) is 2.08. The standard InChI is InChI=1S/C11H17ClN2S.ClH/c1-13-5-9-2-3-14(6-9)7-11-4-10(12)8-15-11;/h4,8-9,13H,2-3,5-7H2,1H3;1H. The normalized spacial score (nSPS) is 21.0. The maximum absolute atomic E-state index is 5.91. The Morgan fingerprint density at radius 2 is 2.44 bits per heavy atom. The van der Waals surface area contributed by atoms with Crippen LogP contribution in [0.2, 0.25) is 5.02 Å². The summed E-state index contributed by atoms with van der Waals surface area (Å²) in [5, 5.41) is 6.14. The molecular formula is C11H18Cl2N2S. The molecule has 0 saturated carbocycles. The zero-order valence-electron chi connectivity index (χ0n) is 9.41. The Balaban J connectivity index is 0.00000128. The quantitative estimate of drug-likeness (QED) is 0.913. The first kappa shape index (κ1) is 14.3. The Morgan fingerprint density at radius 3 is 3.06 bits per heavy atom. The highest BCUT2D eigenvalue weighted by Gasteiger charge is 2.21. The summed E-state index contributed by atoms with van der Waals surface area (Å²) >= 11 is 7.67. The van der Waals surface area contributed by atoms with E-state index in [1.165, 1.54) is 24.4 Å². The van der Waals surface area contributed by atoms with Crippen LogP contribution in [-0.4, -0.2) is 31.6 Å². The summed E-state index contributed by atoms with van der Waals surface area (Å²) in [6.45, 7) is 4.65. The van der Waals surface area contributed by atoms with Crippen LogP contribution >= 0.6 is 35.3 Å². The molecule has 1 aliphatic rings. The van der Waals surface area contributed by atoms with Crippen molar-refractivity contribution in [1.82, 2.24) is 10.2 Å². The highest BCUT2D eigenvalue weighted by Crippen LogP contribution is 2.23. The minimum atomic E-state index is 0. The van der Waals surface area contributed by atoms with Crippen molar-refractivity contribution in [1.29, 1.82) is 0 Å². The van der Waals surface area contributed by atoms with Gasteiger partial charge in [-0.25, -0.2) is 0 Å². The van der Waals surface area contributed by atoms with Gasteiger partial charge in [-0.05, 0) is 38.5 Å². The van der Waals surface area contributed by atoms with Gasteiger partial charge in [-0.15, -0.1) is 23.7 Å². The number of rotatable bonds is 4. The topological polar surface area (TPSA) is 15.3 Å². The van der Waals surface area contributed by atoms with Crippen LogP contribution in [0.4, 0.5) is 0 Å². The van der Waals surface area contributed by atoms with Gasteiger partial charge in [0.2, 0.25) is 0 Å². The molecule has 1 unspecified atom stereocenters. The van der Waals surface area contributed by atoms with Gasteiger partial charge in [0.25, 0.3) is 0 Å². The van der Waals surface area contributed by atoms with E-state index < -0.39 is 0 Å². The molecule has 2 nitrogen and oxygen atoms in total. The van der Waals surface area contributed by atoms with Gasteiger partial charge in [-0.2, -0.15) is 0 Å². The highest BCUT2D eigenvalue weighted by atomic mass is 35.5. The average Bonchev–Trinajstić information content (AvgIpc) is 2.78. The van der Waals surface area contributed by atoms with Crippen LogP contribution in [0.3, 0.4) is 0 Å². The molecule has 1 saturated heterocycles. The first-order chi connectivity index (χ1) is 7.28. The molecule has 1 fully saturated rings. The van der Waals surface area contributed by atoms with Crippen molar-refractivity contribution in [3.05, 3.63) is 21.3 Å². The van der Waals surface area contributed by atoms with E-state index in [0.717, 1.165) is 24.0 Å². The van der Waals surface area contributed by atoms with Crippen LogP contribution in [0.5, 0.6) is 0 Å². The van der Waals surface area contributed by atoms with E-state index >= 15 is 0 Å². The third kappa shape index (κ3) is 3.90. The van der Waals surface area contributed by atoms with Crippen molar-refractivity contribution < 1.29 is 0 Å². The predicted molar refractivity (Wildman–Crippen MR) is 73.9 cm³/mol. The summed E-state index contributed by atoms with van der Waals surface area (Å²) in [5.41, 5.74) is 0. The molecule has 1 aromatic heterocycles. The summed E-state index contributed by atoms with van der Waals surface area (Å²) in [7, 11) is 2.03. The van der Waals surface area contributed by atoms with E-state index in [1.807, 2.05) is 12.4 Å². The lowest BCUT2D eigenvalue weighted by molar-refractivity contribution is 0.318. The van der Waals surface area contributed by atoms with E-state index in [9.17, 15) is 0 Å². The van der Waals surface area contributed by atoms with Crippen molar-refractivity contribution in [3.63, 3.8) is 0 Å². The molecule has 0 aromatic carbocycles. The van der Waals surface area contributed by atoms with Gasteiger partial charge in [0.05, 0.1) is 5.02 Å². The van der Waals surface area contributed by atoms with Crippen LogP contribution in [0.25, 0.3) is 0 Å². The fraction of sp³-hybridized carbons (Fsp3) is 0.636. The van der Waals surface area contributed by atoms with E-state index in [2.05, 4.69) is 16.3 Å². The lowest BCUT2D eigenvalue weighted by atomic mass is 10.1. The SMILES string of the molecule is CNCC1CCN(Cc2cc(Cl)cs2)C1.Cl. The minimum absolute atomic E-state index is 0. The fourth-order valence-corrected chi connectivity index (χ4v) is 3.28. The third-order valence-corrected chi connectivity index (χ3v) is 4.13. The van der Waals surface area contributed by atoms with Crippen LogP contribution in [0.15, 0.2) is 11.4 Å². The van der Waals surface area contributed by atoms with Crippen LogP contribution < -0.4 is 5.32 Å². The molecule has 1 aromatic rings. The number of hydrogen-bond donors (Lipinski definition) is 1. The number of nitrogens with one attached hydrogen (secondary N) is 1. The monoisotopic (exact) mass is 280 g/mol. The Labute approximate surface area is 112 Å². The van der Waals surface area contributed by atoms with E-state index in [-0.39, 0.29) is 12.4 Å². The fourth-order valence-electron chi connectivity index (χ4n) is 2.17. The van der Waals surface area contributed by atoms with Gasteiger partial charge in [-0.1, -0.05) is 11.6 Å². The van der Waals surface area contributed by atoms with Crippen molar-refractivity contribution in [2.24, 2.45) is 5.92 Å². The number of nitrogens with zero attached hydrogens (tertiary/aromatic N) is 1. The van der Waals surface area contributed by atoms with Gasteiger partial charge < -0.3 is 5.32 Å². The van der Waals surface area contributed by atoms with Crippen molar-refractivity contribution in [2.75, 3.05) is 26.7 Å². The Morgan fingerprint density at radius 1 is 1.62 bits per heavy atom. The number of likely N-dealkylation sites (tertiary alicyclic amines) is 1. The lowest BCUT2D eigenvalue weighted by Gasteiger charge is -2.14. The van der Waals surface area contributed by atoms with Gasteiger partial charge in [0.15, 0.2) is 0 Å². The minimum Gasteiger partial charge on any atom is -0.319 e. The van der Waals surface area contributed by atoms with E-state index in [1.54, 1.807) is 11.3 Å². The van der Waals surface area contributed by atoms with Gasteiger partial charge in [-0.3, -0.25) is 4.90 Å². The summed E-state index contributed by atoms with van der Waals surface area (Å²) in [5.74, 6) is 0.824. The Bertz CT molecular complexity index is 317. The molecule has 0 bridgehead atoms. The number of halogens is 2. The van der Waals surface area contributed by atoms with Crippen LogP contribution in [0, 0.1) is 5.92 Å². The molecule has 92 valence electrons. The summed E-state index contributed by atoms with van der Waals surface area (Å²) in [4.78, 5) is 3.90. The molecule has 1 N–H and O–H groups in total. The second-order valence-corrected chi connectivity index (χ2v) is 5.61. The van der Waals surface area contributed by atoms with Crippen LogP contribution in [-0.2, 0) is 6.54 Å². The molecule has 5 heteroatoms. The van der Waals surface area contributed by atoms with E-state index in [4.69, 9.17) is 11.6 Å². The first-order valence-electron chi connectivity index (χ1n) is 5.38. The molecule has 0 aliphatic carbocycles. The molecule has 0 radical (unpaired) electrons. The average molecular weight is 281 g/mol. The second kappa shape index (κ2) is 6.82. The Kier molecular flexibility index (Phi) is 6.08. The largest absolute Gasteiger partial charge is 0.319 e. The maximum Gasteiger partial charge on any atom is 0.0516 e. The highest BCUT2D eigenvalue weighted by molar-refractivity contribution is 7.10. The van der Waals surface area contributed by atoms with Gasteiger partial charge in [0, 0.05) is 23.3 Å². The second-order valence-electron chi connectivity index (χ2n) is 4.18. The zero-order chi connectivity index (χ0) is 10.7. The molecule has 0 amide bonds. The maximum atomic E-state index is 5.91. The molecular weight excluding hydrogens is 263 g/mol. The Hall–Kier alpha value is 0.200. The zero-order valence-corrected chi connectivity index (χ0v) is 11.8. The van der Waals surface area contributed by atoms with Crippen molar-refractivity contribution >= 4 is 35.3 Å². The smallest absolute Gasteiger partial charge is 0.0516 e. The van der Waals surface area contributed by atoms with E-state index in [0.29, 0.717) is 0 Å². The molecule has 2 rings (SSSR count). The van der Waals surface area contributed by atoms with Crippen LogP contribution in [0.1, 0.15) is 11.3 Å².